The van der Waals surface area contributed by atoms with Crippen LogP contribution in [0.3, 0.4) is 0 Å². The second kappa shape index (κ2) is 5.83. The number of hydrogen-bond donors (Lipinski definition) is 0. The number of hydrogen-bond acceptors (Lipinski definition) is 3. The maximum atomic E-state index is 11.2. The summed E-state index contributed by atoms with van der Waals surface area (Å²) in [6, 6.07) is 9.80. The number of carbonyl (C=O) groups is 1. The first-order chi connectivity index (χ1) is 6.74. The Hall–Kier alpha value is -0.800. The Balaban J connectivity index is 2.60. The molecule has 1 rings (SSSR count). The highest BCUT2D eigenvalue weighted by Crippen LogP contribution is 2.24. The van der Waals surface area contributed by atoms with Crippen molar-refractivity contribution in [3.8, 4) is 0 Å². The Morgan fingerprint density at radius 3 is 2.57 bits per heavy atom. The summed E-state index contributed by atoms with van der Waals surface area (Å²) in [5.74, 6) is 0.0562. The molecule has 1 aromatic rings. The predicted molar refractivity (Wildman–Crippen MR) is 58.4 cm³/mol. The highest BCUT2D eigenvalue weighted by molar-refractivity contribution is 8.00. The Labute approximate surface area is 88.7 Å². The minimum atomic E-state index is -0.373. The topological polar surface area (TPSA) is 26.3 Å². The van der Waals surface area contributed by atoms with Gasteiger partial charge in [0.25, 0.3) is 0 Å². The lowest BCUT2D eigenvalue weighted by Crippen LogP contribution is -2.17. The number of benzene rings is 1. The average molecular weight is 210 g/mol. The molecule has 0 saturated carbocycles. The van der Waals surface area contributed by atoms with E-state index in [0.29, 0.717) is 6.61 Å². The second-order valence-electron chi connectivity index (χ2n) is 2.83. The molecule has 0 aromatic heterocycles. The SMILES string of the molecule is CCOC(Sc1ccccc1)C(C)=O. The molecule has 0 spiro atoms. The quantitative estimate of drug-likeness (QED) is 0.552. The van der Waals surface area contributed by atoms with Crippen LogP contribution in [0.1, 0.15) is 13.8 Å². The number of Topliss-reactive ketones (excluding diaryl/α,β-unsaturated/α-hetero) is 1. The third kappa shape index (κ3) is 3.52. The molecule has 1 atom stereocenters. The van der Waals surface area contributed by atoms with Crippen molar-refractivity contribution >= 4 is 17.5 Å². The van der Waals surface area contributed by atoms with Gasteiger partial charge in [-0.05, 0) is 26.0 Å². The second-order valence-corrected chi connectivity index (χ2v) is 3.96. The lowest BCUT2D eigenvalue weighted by Gasteiger charge is -2.12. The Morgan fingerprint density at radius 2 is 2.07 bits per heavy atom. The van der Waals surface area contributed by atoms with Crippen molar-refractivity contribution in [2.75, 3.05) is 6.61 Å². The molecule has 0 heterocycles. The molecule has 3 heteroatoms. The molecule has 2 nitrogen and oxygen atoms in total. The van der Waals surface area contributed by atoms with Crippen molar-refractivity contribution in [3.63, 3.8) is 0 Å². The Kier molecular flexibility index (Phi) is 4.70. The summed E-state index contributed by atoms with van der Waals surface area (Å²) in [5.41, 5.74) is -0.373. The molecule has 0 radical (unpaired) electrons. The van der Waals surface area contributed by atoms with E-state index in [1.165, 1.54) is 11.8 Å². The van der Waals surface area contributed by atoms with Gasteiger partial charge in [0.05, 0.1) is 0 Å². The summed E-state index contributed by atoms with van der Waals surface area (Å²) >= 11 is 1.45. The lowest BCUT2D eigenvalue weighted by molar-refractivity contribution is -0.123. The molecular formula is C11H14O2S. The average Bonchev–Trinajstić information content (AvgIpc) is 2.18. The third-order valence-electron chi connectivity index (χ3n) is 1.64. The molecule has 0 N–H and O–H groups in total. The van der Waals surface area contributed by atoms with Crippen LogP contribution in [0.2, 0.25) is 0 Å². The molecule has 0 amide bonds. The van der Waals surface area contributed by atoms with Crippen molar-refractivity contribution < 1.29 is 9.53 Å². The molecule has 1 aromatic carbocycles. The summed E-state index contributed by atoms with van der Waals surface area (Å²) in [5, 5.41) is 0. The minimum Gasteiger partial charge on any atom is -0.360 e. The first-order valence-electron chi connectivity index (χ1n) is 4.57. The van der Waals surface area contributed by atoms with E-state index in [1.54, 1.807) is 6.92 Å². The number of ether oxygens (including phenoxy) is 1. The normalized spacial score (nSPS) is 12.4. The zero-order chi connectivity index (χ0) is 10.4. The van der Waals surface area contributed by atoms with Crippen LogP contribution in [0.5, 0.6) is 0 Å². The van der Waals surface area contributed by atoms with E-state index in [2.05, 4.69) is 0 Å². The van der Waals surface area contributed by atoms with Gasteiger partial charge >= 0.3 is 0 Å². The molecular weight excluding hydrogens is 196 g/mol. The number of thioether (sulfide) groups is 1. The van der Waals surface area contributed by atoms with Crippen LogP contribution in [-0.2, 0) is 9.53 Å². The summed E-state index contributed by atoms with van der Waals surface area (Å²) < 4.78 is 5.32. The van der Waals surface area contributed by atoms with E-state index >= 15 is 0 Å². The van der Waals surface area contributed by atoms with Gasteiger partial charge in [0.15, 0.2) is 11.2 Å². The standard InChI is InChI=1S/C11H14O2S/c1-3-13-11(9(2)12)14-10-7-5-4-6-8-10/h4-8,11H,3H2,1-2H3. The Morgan fingerprint density at radius 1 is 1.43 bits per heavy atom. The van der Waals surface area contributed by atoms with Gasteiger partial charge in [-0.1, -0.05) is 30.0 Å². The van der Waals surface area contributed by atoms with Gasteiger partial charge in [0.2, 0.25) is 0 Å². The summed E-state index contributed by atoms with van der Waals surface area (Å²) in [7, 11) is 0. The van der Waals surface area contributed by atoms with E-state index in [4.69, 9.17) is 4.74 Å². The fraction of sp³-hybridized carbons (Fsp3) is 0.364. The van der Waals surface area contributed by atoms with Gasteiger partial charge < -0.3 is 4.74 Å². The molecule has 0 saturated heterocycles. The van der Waals surface area contributed by atoms with Gasteiger partial charge in [-0.15, -0.1) is 0 Å². The zero-order valence-electron chi connectivity index (χ0n) is 8.40. The molecule has 0 aliphatic rings. The van der Waals surface area contributed by atoms with Crippen LogP contribution in [0, 0.1) is 0 Å². The fourth-order valence-corrected chi connectivity index (χ4v) is 1.94. The molecule has 0 aliphatic carbocycles. The van der Waals surface area contributed by atoms with Crippen molar-refractivity contribution in [2.45, 2.75) is 24.2 Å². The lowest BCUT2D eigenvalue weighted by atomic mass is 10.4. The maximum Gasteiger partial charge on any atom is 0.169 e. The monoisotopic (exact) mass is 210 g/mol. The van der Waals surface area contributed by atoms with Gasteiger partial charge in [-0.2, -0.15) is 0 Å². The van der Waals surface area contributed by atoms with Gasteiger partial charge in [-0.3, -0.25) is 4.79 Å². The van der Waals surface area contributed by atoms with Crippen LogP contribution in [0.15, 0.2) is 35.2 Å². The molecule has 14 heavy (non-hydrogen) atoms. The largest absolute Gasteiger partial charge is 0.360 e. The van der Waals surface area contributed by atoms with Crippen molar-refractivity contribution in [3.05, 3.63) is 30.3 Å². The summed E-state index contributed by atoms with van der Waals surface area (Å²) in [4.78, 5) is 12.2. The van der Waals surface area contributed by atoms with E-state index < -0.39 is 0 Å². The highest BCUT2D eigenvalue weighted by Gasteiger charge is 2.14. The van der Waals surface area contributed by atoms with Crippen molar-refractivity contribution in [1.82, 2.24) is 0 Å². The van der Waals surface area contributed by atoms with Crippen molar-refractivity contribution in [2.24, 2.45) is 0 Å². The predicted octanol–water partition coefficient (Wildman–Crippen LogP) is 2.73. The smallest absolute Gasteiger partial charge is 0.169 e. The number of carbonyl (C=O) groups excluding carboxylic acids is 1. The third-order valence-corrected chi connectivity index (χ3v) is 2.86. The van der Waals surface area contributed by atoms with Gasteiger partial charge in [0, 0.05) is 11.5 Å². The first kappa shape index (κ1) is 11.3. The van der Waals surface area contributed by atoms with E-state index in [1.807, 2.05) is 37.3 Å². The van der Waals surface area contributed by atoms with Crippen LogP contribution in [0.25, 0.3) is 0 Å². The molecule has 1 unspecified atom stereocenters. The number of ketones is 1. The number of rotatable bonds is 5. The maximum absolute atomic E-state index is 11.2. The van der Waals surface area contributed by atoms with E-state index in [9.17, 15) is 4.79 Å². The van der Waals surface area contributed by atoms with E-state index in [0.717, 1.165) is 4.90 Å². The van der Waals surface area contributed by atoms with Crippen molar-refractivity contribution in [1.29, 1.82) is 0 Å². The summed E-state index contributed by atoms with van der Waals surface area (Å²) in [6.07, 6.45) is 0. The van der Waals surface area contributed by atoms with Crippen LogP contribution in [-0.4, -0.2) is 17.8 Å². The molecule has 76 valence electrons. The summed E-state index contributed by atoms with van der Waals surface area (Å²) in [6.45, 7) is 4.00. The van der Waals surface area contributed by atoms with E-state index in [-0.39, 0.29) is 11.2 Å². The van der Waals surface area contributed by atoms with Gasteiger partial charge in [0.1, 0.15) is 0 Å². The molecule has 0 fully saturated rings. The molecule has 0 aliphatic heterocycles. The minimum absolute atomic E-state index is 0.0562. The van der Waals surface area contributed by atoms with Gasteiger partial charge in [-0.25, -0.2) is 0 Å². The first-order valence-corrected chi connectivity index (χ1v) is 5.45. The van der Waals surface area contributed by atoms with Crippen LogP contribution < -0.4 is 0 Å². The van der Waals surface area contributed by atoms with Crippen LogP contribution in [0.4, 0.5) is 0 Å². The Bertz CT molecular complexity index is 285. The fourth-order valence-electron chi connectivity index (χ4n) is 1.01. The van der Waals surface area contributed by atoms with Crippen LogP contribution >= 0.6 is 11.8 Å². The molecule has 0 bridgehead atoms. The highest BCUT2D eigenvalue weighted by atomic mass is 32.2. The zero-order valence-corrected chi connectivity index (χ0v) is 9.21.